The van der Waals surface area contributed by atoms with Crippen molar-refractivity contribution in [2.24, 2.45) is 0 Å². The lowest BCUT2D eigenvalue weighted by atomic mass is 10.0. The Hall–Kier alpha value is -0.580. The average Bonchev–Trinajstić information content (AvgIpc) is 2.42. The molecule has 0 unspecified atom stereocenters. The lowest BCUT2D eigenvalue weighted by Gasteiger charge is -2.03. The van der Waals surface area contributed by atoms with Crippen molar-refractivity contribution >= 4 is 16.1 Å². The van der Waals surface area contributed by atoms with Crippen molar-refractivity contribution in [3.05, 3.63) is 0 Å². The van der Waals surface area contributed by atoms with Crippen LogP contribution in [0.5, 0.6) is 0 Å². The molecule has 0 aromatic heterocycles. The molecule has 0 aliphatic rings. The van der Waals surface area contributed by atoms with Crippen molar-refractivity contribution in [1.29, 1.82) is 0 Å². The van der Waals surface area contributed by atoms with E-state index in [4.69, 9.17) is 0 Å². The molecular formula is C17H34O4S. The summed E-state index contributed by atoms with van der Waals surface area (Å²) in [5, 5.41) is 0. The zero-order valence-electron chi connectivity index (χ0n) is 14.4. The minimum absolute atomic E-state index is 0.199. The van der Waals surface area contributed by atoms with E-state index in [0.29, 0.717) is 6.42 Å². The van der Waals surface area contributed by atoms with Crippen LogP contribution in [0, 0.1) is 0 Å². The predicted octanol–water partition coefficient (Wildman–Crippen LogP) is 4.97. The monoisotopic (exact) mass is 334 g/mol. The standard InChI is InChI=1S/C17H34O4S/c1-3-4-5-6-7-8-9-10-11-12-13-14-15-16-17(18)21-22(2,19)20/h3-16H2,1-2H3. The van der Waals surface area contributed by atoms with Gasteiger partial charge in [0, 0.05) is 6.42 Å². The third-order valence-corrected chi connectivity index (χ3v) is 4.22. The molecule has 0 bridgehead atoms. The Balaban J connectivity index is 3.19. The highest BCUT2D eigenvalue weighted by atomic mass is 32.2. The molecule has 0 amide bonds. The first-order valence-corrected chi connectivity index (χ1v) is 10.7. The molecule has 4 nitrogen and oxygen atoms in total. The molecule has 22 heavy (non-hydrogen) atoms. The van der Waals surface area contributed by atoms with Crippen LogP contribution < -0.4 is 0 Å². The van der Waals surface area contributed by atoms with E-state index < -0.39 is 16.1 Å². The van der Waals surface area contributed by atoms with Gasteiger partial charge in [0.2, 0.25) is 0 Å². The van der Waals surface area contributed by atoms with Gasteiger partial charge in [-0.1, -0.05) is 84.0 Å². The Labute approximate surface area is 137 Å². The van der Waals surface area contributed by atoms with Crippen LogP contribution in [0.2, 0.25) is 0 Å². The lowest BCUT2D eigenvalue weighted by Crippen LogP contribution is -2.10. The van der Waals surface area contributed by atoms with Crippen molar-refractivity contribution in [3.63, 3.8) is 0 Å². The van der Waals surface area contributed by atoms with Gasteiger partial charge in [-0.2, -0.15) is 8.42 Å². The minimum atomic E-state index is -3.64. The van der Waals surface area contributed by atoms with E-state index in [2.05, 4.69) is 11.1 Å². The highest BCUT2D eigenvalue weighted by Gasteiger charge is 2.09. The molecular weight excluding hydrogens is 300 g/mol. The van der Waals surface area contributed by atoms with Gasteiger partial charge in [-0.15, -0.1) is 0 Å². The minimum Gasteiger partial charge on any atom is -0.346 e. The van der Waals surface area contributed by atoms with Gasteiger partial charge in [-0.3, -0.25) is 4.79 Å². The normalized spacial score (nSPS) is 11.5. The maximum absolute atomic E-state index is 11.2. The van der Waals surface area contributed by atoms with E-state index in [0.717, 1.165) is 19.1 Å². The molecule has 0 rings (SSSR count). The van der Waals surface area contributed by atoms with Crippen LogP contribution in [-0.4, -0.2) is 20.6 Å². The highest BCUT2D eigenvalue weighted by molar-refractivity contribution is 7.86. The SMILES string of the molecule is CCCCCCCCCCCCCCCC(=O)OS(C)(=O)=O. The van der Waals surface area contributed by atoms with E-state index in [-0.39, 0.29) is 6.42 Å². The Bertz CT molecular complexity index is 363. The zero-order valence-corrected chi connectivity index (χ0v) is 15.3. The van der Waals surface area contributed by atoms with Crippen LogP contribution in [-0.2, 0) is 19.1 Å². The van der Waals surface area contributed by atoms with Crippen LogP contribution >= 0.6 is 0 Å². The van der Waals surface area contributed by atoms with Crippen molar-refractivity contribution in [2.45, 2.75) is 96.8 Å². The molecule has 0 radical (unpaired) electrons. The second-order valence-corrected chi connectivity index (χ2v) is 7.73. The second-order valence-electron chi connectivity index (χ2n) is 6.15. The molecule has 0 aromatic rings. The summed E-state index contributed by atoms with van der Waals surface area (Å²) in [5.41, 5.74) is 0. The molecule has 0 aliphatic carbocycles. The molecule has 0 aromatic carbocycles. The Morgan fingerprint density at radius 3 is 1.45 bits per heavy atom. The highest BCUT2D eigenvalue weighted by Crippen LogP contribution is 2.13. The van der Waals surface area contributed by atoms with Crippen LogP contribution in [0.4, 0.5) is 0 Å². The summed E-state index contributed by atoms with van der Waals surface area (Å²) < 4.78 is 25.7. The van der Waals surface area contributed by atoms with Gasteiger partial charge in [0.1, 0.15) is 0 Å². The average molecular weight is 335 g/mol. The largest absolute Gasteiger partial charge is 0.346 e. The number of unbranched alkanes of at least 4 members (excludes halogenated alkanes) is 12. The number of carbonyl (C=O) groups excluding carboxylic acids is 1. The fraction of sp³-hybridized carbons (Fsp3) is 0.941. The van der Waals surface area contributed by atoms with Crippen LogP contribution in [0.1, 0.15) is 96.8 Å². The number of hydrogen-bond acceptors (Lipinski definition) is 4. The molecule has 0 fully saturated rings. The van der Waals surface area contributed by atoms with Gasteiger partial charge in [-0.25, -0.2) is 0 Å². The molecule has 132 valence electrons. The van der Waals surface area contributed by atoms with Gasteiger partial charge >= 0.3 is 16.1 Å². The van der Waals surface area contributed by atoms with E-state index >= 15 is 0 Å². The molecule has 0 atom stereocenters. The first kappa shape index (κ1) is 21.4. The second kappa shape index (κ2) is 14.0. The molecule has 0 saturated carbocycles. The van der Waals surface area contributed by atoms with Gasteiger partial charge in [0.05, 0.1) is 6.26 Å². The van der Waals surface area contributed by atoms with Crippen LogP contribution in [0.3, 0.4) is 0 Å². The van der Waals surface area contributed by atoms with Crippen molar-refractivity contribution in [1.82, 2.24) is 0 Å². The fourth-order valence-electron chi connectivity index (χ4n) is 2.50. The first-order chi connectivity index (χ1) is 10.5. The summed E-state index contributed by atoms with van der Waals surface area (Å²) >= 11 is 0. The maximum atomic E-state index is 11.2. The zero-order chi connectivity index (χ0) is 16.7. The fourth-order valence-corrected chi connectivity index (χ4v) is 2.92. The quantitative estimate of drug-likeness (QED) is 0.313. The topological polar surface area (TPSA) is 60.4 Å². The predicted molar refractivity (Wildman–Crippen MR) is 91.2 cm³/mol. The van der Waals surface area contributed by atoms with Crippen molar-refractivity contribution in [3.8, 4) is 0 Å². The van der Waals surface area contributed by atoms with Crippen LogP contribution in [0.25, 0.3) is 0 Å². The van der Waals surface area contributed by atoms with Crippen LogP contribution in [0.15, 0.2) is 0 Å². The third kappa shape index (κ3) is 17.5. The number of rotatable bonds is 15. The van der Waals surface area contributed by atoms with E-state index in [1.54, 1.807) is 0 Å². The lowest BCUT2D eigenvalue weighted by molar-refractivity contribution is -0.133. The van der Waals surface area contributed by atoms with Gasteiger partial charge < -0.3 is 4.18 Å². The van der Waals surface area contributed by atoms with E-state index in [9.17, 15) is 13.2 Å². The summed E-state index contributed by atoms with van der Waals surface area (Å²) in [7, 11) is -3.64. The number of carbonyl (C=O) groups is 1. The molecule has 5 heteroatoms. The molecule has 0 saturated heterocycles. The summed E-state index contributed by atoms with van der Waals surface area (Å²) in [4.78, 5) is 11.2. The molecule has 0 heterocycles. The van der Waals surface area contributed by atoms with Crippen molar-refractivity contribution < 1.29 is 17.4 Å². The van der Waals surface area contributed by atoms with Gasteiger partial charge in [-0.05, 0) is 6.42 Å². The smallest absolute Gasteiger partial charge is 0.322 e. The Morgan fingerprint density at radius 1 is 0.727 bits per heavy atom. The molecule has 0 spiro atoms. The third-order valence-electron chi connectivity index (χ3n) is 3.73. The maximum Gasteiger partial charge on any atom is 0.322 e. The van der Waals surface area contributed by atoms with Gasteiger partial charge in [0.25, 0.3) is 0 Å². The summed E-state index contributed by atoms with van der Waals surface area (Å²) in [5.74, 6) is -0.634. The van der Waals surface area contributed by atoms with Crippen molar-refractivity contribution in [2.75, 3.05) is 6.26 Å². The Morgan fingerprint density at radius 2 is 1.09 bits per heavy atom. The Kier molecular flexibility index (Phi) is 13.7. The molecule has 0 N–H and O–H groups in total. The van der Waals surface area contributed by atoms with E-state index in [1.807, 2.05) is 0 Å². The summed E-state index contributed by atoms with van der Waals surface area (Å²) in [6, 6.07) is 0. The van der Waals surface area contributed by atoms with Gasteiger partial charge in [0.15, 0.2) is 0 Å². The summed E-state index contributed by atoms with van der Waals surface area (Å²) in [6.45, 7) is 2.24. The molecule has 0 aliphatic heterocycles. The summed E-state index contributed by atoms with van der Waals surface area (Å²) in [6.07, 6.45) is 17.2. The first-order valence-electron chi connectivity index (χ1n) is 8.88. The number of hydrogen-bond donors (Lipinski definition) is 0. The van der Waals surface area contributed by atoms with E-state index in [1.165, 1.54) is 64.2 Å².